The highest BCUT2D eigenvalue weighted by atomic mass is 35.5. The average Bonchev–Trinajstić information content (AvgIpc) is 2.16. The van der Waals surface area contributed by atoms with Gasteiger partial charge in [-0.2, -0.15) is 0 Å². The maximum absolute atomic E-state index is 11.3. The number of carbonyl (C=O) groups excluding carboxylic acids is 1. The molecule has 0 rings (SSSR count). The van der Waals surface area contributed by atoms with Gasteiger partial charge in [0.2, 0.25) is 5.91 Å². The van der Waals surface area contributed by atoms with E-state index in [-0.39, 0.29) is 6.73 Å². The largest absolute Gasteiger partial charge is 0.475 e. The molecule has 0 aliphatic heterocycles. The first-order valence-corrected chi connectivity index (χ1v) is 5.75. The van der Waals surface area contributed by atoms with Crippen LogP contribution in [0.4, 0.5) is 0 Å². The molecule has 0 aliphatic carbocycles. The summed E-state index contributed by atoms with van der Waals surface area (Å²) in [4.78, 5) is 11.0. The molecule has 1 amide bonds. The third-order valence-corrected chi connectivity index (χ3v) is 2.70. The summed E-state index contributed by atoms with van der Waals surface area (Å²) in [5, 5.41) is 2.61. The molecule has 88 valence electrons. The summed E-state index contributed by atoms with van der Waals surface area (Å²) < 4.78 is 24.9. The molecule has 0 saturated heterocycles. The highest BCUT2D eigenvalue weighted by molar-refractivity contribution is 7.48. The molecular weight excluding hydrogens is 245 g/mol. The molecule has 0 aromatic rings. The zero-order valence-electron chi connectivity index (χ0n) is 8.65. The number of phosphoric ester groups is 1. The van der Waals surface area contributed by atoms with Crippen LogP contribution >= 0.6 is 19.4 Å². The van der Waals surface area contributed by atoms with Crippen LogP contribution in [-0.2, 0) is 22.9 Å². The summed E-state index contributed by atoms with van der Waals surface area (Å²) in [5.41, 5.74) is 0. The third kappa shape index (κ3) is 6.65. The van der Waals surface area contributed by atoms with Crippen LogP contribution < -0.4 is 5.32 Å². The number of hydrogen-bond acceptors (Lipinski definition) is 5. The van der Waals surface area contributed by atoms with E-state index in [0.717, 1.165) is 6.08 Å². The van der Waals surface area contributed by atoms with Crippen LogP contribution in [0.2, 0.25) is 0 Å². The lowest BCUT2D eigenvalue weighted by Gasteiger charge is -2.12. The fourth-order valence-corrected chi connectivity index (χ4v) is 1.28. The lowest BCUT2D eigenvalue weighted by Crippen LogP contribution is -2.23. The number of amides is 1. The van der Waals surface area contributed by atoms with Gasteiger partial charge in [0.1, 0.15) is 6.73 Å². The van der Waals surface area contributed by atoms with Crippen LogP contribution in [0.5, 0.6) is 0 Å². The van der Waals surface area contributed by atoms with Gasteiger partial charge in [0.25, 0.3) is 0 Å². The summed E-state index contributed by atoms with van der Waals surface area (Å²) in [6.45, 7) is 1.26. The van der Waals surface area contributed by atoms with Crippen LogP contribution in [0.1, 0.15) is 6.92 Å². The van der Waals surface area contributed by atoms with Crippen LogP contribution in [-0.4, -0.2) is 26.9 Å². The number of nitrogens with one attached hydrogen (secondary N) is 1. The number of halogens is 1. The number of allylic oxidation sites excluding steroid dienone is 1. The van der Waals surface area contributed by atoms with Gasteiger partial charge in [-0.3, -0.25) is 18.4 Å². The lowest BCUT2D eigenvalue weighted by atomic mass is 10.5. The molecule has 0 saturated carbocycles. The minimum Gasteiger partial charge on any atom is -0.329 e. The molecule has 0 aliphatic rings. The first-order chi connectivity index (χ1) is 6.93. The number of hydrogen-bond donors (Lipinski definition) is 1. The first kappa shape index (κ1) is 14.6. The summed E-state index contributed by atoms with van der Waals surface area (Å²) in [5.74, 6) is -0.457. The smallest absolute Gasteiger partial charge is 0.329 e. The van der Waals surface area contributed by atoms with E-state index in [1.54, 1.807) is 6.92 Å². The second kappa shape index (κ2) is 6.98. The molecule has 0 unspecified atom stereocenters. The van der Waals surface area contributed by atoms with Gasteiger partial charge >= 0.3 is 7.82 Å². The second-order valence-corrected chi connectivity index (χ2v) is 4.84. The first-order valence-electron chi connectivity index (χ1n) is 3.91. The molecule has 0 fully saturated rings. The van der Waals surface area contributed by atoms with Crippen molar-refractivity contribution in [3.05, 3.63) is 11.1 Å². The minimum absolute atomic E-state index is 0.293. The van der Waals surface area contributed by atoms with Gasteiger partial charge in [-0.25, -0.2) is 4.57 Å². The maximum atomic E-state index is 11.3. The summed E-state index contributed by atoms with van der Waals surface area (Å²) >= 11 is 5.45. The Kier molecular flexibility index (Phi) is 6.80. The number of phosphoric acid groups is 1. The van der Waals surface area contributed by atoms with Gasteiger partial charge in [0, 0.05) is 25.3 Å². The zero-order valence-corrected chi connectivity index (χ0v) is 10.3. The van der Waals surface area contributed by atoms with Crippen LogP contribution in [0, 0.1) is 0 Å². The number of carbonyl (C=O) groups is 1. The predicted octanol–water partition coefficient (Wildman–Crippen LogP) is 1.62. The molecule has 8 heteroatoms. The van der Waals surface area contributed by atoms with Crippen molar-refractivity contribution in [3.63, 3.8) is 0 Å². The SMILES string of the molecule is COP(=O)(OC)OCNC(=O)C=C(C)Cl. The third-order valence-electron chi connectivity index (χ3n) is 1.25. The number of rotatable bonds is 6. The molecule has 0 aromatic carbocycles. The van der Waals surface area contributed by atoms with Crippen molar-refractivity contribution < 1.29 is 22.9 Å². The fraction of sp³-hybridized carbons (Fsp3) is 0.571. The molecule has 0 bridgehead atoms. The Morgan fingerprint density at radius 2 is 2.00 bits per heavy atom. The summed E-state index contributed by atoms with van der Waals surface area (Å²) in [6.07, 6.45) is 1.16. The molecule has 0 aromatic heterocycles. The van der Waals surface area contributed by atoms with Crippen molar-refractivity contribution in [2.75, 3.05) is 21.0 Å². The zero-order chi connectivity index (χ0) is 11.9. The molecule has 0 spiro atoms. The van der Waals surface area contributed by atoms with E-state index in [2.05, 4.69) is 18.9 Å². The van der Waals surface area contributed by atoms with Crippen molar-refractivity contribution in [3.8, 4) is 0 Å². The minimum atomic E-state index is -3.54. The monoisotopic (exact) mass is 257 g/mol. The van der Waals surface area contributed by atoms with E-state index < -0.39 is 13.7 Å². The average molecular weight is 258 g/mol. The molecule has 0 radical (unpaired) electrons. The predicted molar refractivity (Wildman–Crippen MR) is 55.3 cm³/mol. The molecule has 6 nitrogen and oxygen atoms in total. The van der Waals surface area contributed by atoms with E-state index >= 15 is 0 Å². The Morgan fingerprint density at radius 3 is 2.40 bits per heavy atom. The lowest BCUT2D eigenvalue weighted by molar-refractivity contribution is -0.117. The van der Waals surface area contributed by atoms with Crippen molar-refractivity contribution >= 4 is 25.3 Å². The normalized spacial score (nSPS) is 12.7. The highest BCUT2D eigenvalue weighted by Crippen LogP contribution is 2.46. The van der Waals surface area contributed by atoms with Crippen LogP contribution in [0.15, 0.2) is 11.1 Å². The van der Waals surface area contributed by atoms with E-state index in [0.29, 0.717) is 5.03 Å². The molecule has 1 N–H and O–H groups in total. The van der Waals surface area contributed by atoms with Gasteiger partial charge < -0.3 is 5.32 Å². The molecular formula is C7H13ClNO5P. The van der Waals surface area contributed by atoms with Crippen molar-refractivity contribution in [2.24, 2.45) is 0 Å². The van der Waals surface area contributed by atoms with Crippen molar-refractivity contribution in [2.45, 2.75) is 6.92 Å². The standard InChI is InChI=1S/C7H13ClNO5P/c1-6(8)4-7(10)9-5-14-15(11,12-2)13-3/h4H,5H2,1-3H3,(H,9,10). The Balaban J connectivity index is 3.94. The van der Waals surface area contributed by atoms with Gasteiger partial charge in [-0.05, 0) is 6.92 Å². The van der Waals surface area contributed by atoms with Gasteiger partial charge in [-0.1, -0.05) is 11.6 Å². The molecule has 0 atom stereocenters. The fourth-order valence-electron chi connectivity index (χ4n) is 0.594. The Morgan fingerprint density at radius 1 is 1.47 bits per heavy atom. The van der Waals surface area contributed by atoms with Crippen molar-refractivity contribution in [1.82, 2.24) is 5.32 Å². The molecule has 0 heterocycles. The Hall–Kier alpha value is -0.390. The summed E-state index contributed by atoms with van der Waals surface area (Å²) in [7, 11) is -1.19. The quantitative estimate of drug-likeness (QED) is 0.445. The Bertz CT molecular complexity index is 281. The van der Waals surface area contributed by atoms with Gasteiger partial charge in [0.15, 0.2) is 0 Å². The molecule has 15 heavy (non-hydrogen) atoms. The van der Waals surface area contributed by atoms with Crippen molar-refractivity contribution in [1.29, 1.82) is 0 Å². The van der Waals surface area contributed by atoms with E-state index in [4.69, 9.17) is 11.6 Å². The summed E-state index contributed by atoms with van der Waals surface area (Å²) in [6, 6.07) is 0. The highest BCUT2D eigenvalue weighted by Gasteiger charge is 2.22. The van der Waals surface area contributed by atoms with E-state index in [1.807, 2.05) is 0 Å². The topological polar surface area (TPSA) is 73.9 Å². The van der Waals surface area contributed by atoms with Crippen LogP contribution in [0.25, 0.3) is 0 Å². The van der Waals surface area contributed by atoms with Gasteiger partial charge in [-0.15, -0.1) is 0 Å². The van der Waals surface area contributed by atoms with Gasteiger partial charge in [0.05, 0.1) is 0 Å². The van der Waals surface area contributed by atoms with Crippen LogP contribution in [0.3, 0.4) is 0 Å². The Labute approximate surface area is 93.1 Å². The second-order valence-electron chi connectivity index (χ2n) is 2.36. The van der Waals surface area contributed by atoms with E-state index in [9.17, 15) is 9.36 Å². The maximum Gasteiger partial charge on any atom is 0.475 e. The van der Waals surface area contributed by atoms with E-state index in [1.165, 1.54) is 14.2 Å².